The lowest BCUT2D eigenvalue weighted by Gasteiger charge is -2.10. The highest BCUT2D eigenvalue weighted by Gasteiger charge is 2.18. The molecule has 2 aromatic carbocycles. The van der Waals surface area contributed by atoms with Crippen LogP contribution in [0.4, 0.5) is 10.1 Å². The molecule has 3 aromatic rings. The summed E-state index contributed by atoms with van der Waals surface area (Å²) in [7, 11) is 1.71. The van der Waals surface area contributed by atoms with E-state index in [0.717, 1.165) is 12.0 Å². The number of benzene rings is 2. The van der Waals surface area contributed by atoms with Crippen LogP contribution in [0.1, 0.15) is 30.2 Å². The summed E-state index contributed by atoms with van der Waals surface area (Å²) in [5.74, 6) is 0.189. The number of carbonyl (C=O) groups is 1. The van der Waals surface area contributed by atoms with E-state index < -0.39 is 5.82 Å². The molecule has 3 rings (SSSR count). The molecule has 0 bridgehead atoms. The highest BCUT2D eigenvalue weighted by atomic mass is 19.1. The smallest absolute Gasteiger partial charge is 0.241 e. The van der Waals surface area contributed by atoms with Gasteiger partial charge in [-0.1, -0.05) is 37.3 Å². The van der Waals surface area contributed by atoms with Crippen LogP contribution in [-0.2, 0) is 24.7 Å². The number of nitrogens with zero attached hydrogens (tertiary/aromatic N) is 2. The maximum Gasteiger partial charge on any atom is 0.241 e. The first-order valence-corrected chi connectivity index (χ1v) is 9.31. The molecular weight excluding hydrogens is 357 g/mol. The van der Waals surface area contributed by atoms with Gasteiger partial charge in [0.25, 0.3) is 0 Å². The molecule has 28 heavy (non-hydrogen) atoms. The third kappa shape index (κ3) is 4.76. The Morgan fingerprint density at radius 3 is 2.57 bits per heavy atom. The van der Waals surface area contributed by atoms with Crippen molar-refractivity contribution < 1.29 is 13.9 Å². The average Bonchev–Trinajstić information content (AvgIpc) is 2.94. The molecule has 0 fully saturated rings. The molecule has 0 aliphatic carbocycles. The zero-order chi connectivity index (χ0) is 20.1. The number of hydrogen-bond donors (Lipinski definition) is 1. The molecule has 1 aromatic heterocycles. The Kier molecular flexibility index (Phi) is 6.09. The normalized spacial score (nSPS) is 10.7. The Morgan fingerprint density at radius 1 is 1.18 bits per heavy atom. The molecule has 1 amide bonds. The van der Waals surface area contributed by atoms with Crippen LogP contribution in [0.25, 0.3) is 0 Å². The number of amides is 1. The fourth-order valence-corrected chi connectivity index (χ4v) is 2.94. The second kappa shape index (κ2) is 8.69. The highest BCUT2D eigenvalue weighted by molar-refractivity contribution is 5.92. The molecule has 0 aliphatic heterocycles. The van der Waals surface area contributed by atoms with E-state index in [2.05, 4.69) is 41.6 Å². The summed E-state index contributed by atoms with van der Waals surface area (Å²) in [4.78, 5) is 12.5. The molecule has 0 unspecified atom stereocenters. The molecule has 6 heteroatoms. The van der Waals surface area contributed by atoms with Crippen molar-refractivity contribution >= 4 is 11.6 Å². The second-order valence-electron chi connectivity index (χ2n) is 6.67. The van der Waals surface area contributed by atoms with Crippen LogP contribution in [0, 0.1) is 12.7 Å². The Hall–Kier alpha value is -3.15. The molecule has 0 aliphatic rings. The summed E-state index contributed by atoms with van der Waals surface area (Å²) in [6.07, 6.45) is 1.99. The van der Waals surface area contributed by atoms with Crippen molar-refractivity contribution in [3.63, 3.8) is 0 Å². The van der Waals surface area contributed by atoms with Crippen LogP contribution in [0.3, 0.4) is 0 Å². The maximum atomic E-state index is 13.4. The van der Waals surface area contributed by atoms with E-state index in [1.807, 2.05) is 0 Å². The molecule has 146 valence electrons. The van der Waals surface area contributed by atoms with Crippen LogP contribution in [-0.4, -0.2) is 15.7 Å². The molecule has 0 saturated heterocycles. The predicted molar refractivity (Wildman–Crippen MR) is 107 cm³/mol. The fraction of sp³-hybridized carbons (Fsp3) is 0.273. The average molecular weight is 381 g/mol. The van der Waals surface area contributed by atoms with Gasteiger partial charge in [0.1, 0.15) is 17.3 Å². The van der Waals surface area contributed by atoms with Crippen molar-refractivity contribution in [2.45, 2.75) is 33.1 Å². The molecule has 0 saturated carbocycles. The van der Waals surface area contributed by atoms with Crippen LogP contribution in [0.15, 0.2) is 48.5 Å². The number of nitrogens with one attached hydrogen (secondary N) is 1. The third-order valence-electron chi connectivity index (χ3n) is 4.52. The quantitative estimate of drug-likeness (QED) is 0.640. The van der Waals surface area contributed by atoms with Crippen LogP contribution in [0.5, 0.6) is 11.6 Å². The van der Waals surface area contributed by atoms with Crippen LogP contribution < -0.4 is 10.1 Å². The van der Waals surface area contributed by atoms with Gasteiger partial charge in [-0.3, -0.25) is 4.79 Å². The molecular formula is C22H24FN3O2. The van der Waals surface area contributed by atoms with Crippen molar-refractivity contribution in [1.82, 2.24) is 9.78 Å². The van der Waals surface area contributed by atoms with Crippen LogP contribution >= 0.6 is 0 Å². The van der Waals surface area contributed by atoms with Gasteiger partial charge in [-0.25, -0.2) is 9.07 Å². The van der Waals surface area contributed by atoms with Crippen molar-refractivity contribution in [3.05, 3.63) is 71.2 Å². The molecule has 5 nitrogen and oxygen atoms in total. The highest BCUT2D eigenvalue weighted by Crippen LogP contribution is 2.32. The maximum absolute atomic E-state index is 13.4. The van der Waals surface area contributed by atoms with Gasteiger partial charge in [0.15, 0.2) is 0 Å². The lowest BCUT2D eigenvalue weighted by molar-refractivity contribution is -0.116. The predicted octanol–water partition coefficient (Wildman–Crippen LogP) is 4.79. The molecule has 0 spiro atoms. The van der Waals surface area contributed by atoms with E-state index in [-0.39, 0.29) is 5.91 Å². The van der Waals surface area contributed by atoms with Gasteiger partial charge in [-0.15, -0.1) is 0 Å². The summed E-state index contributed by atoms with van der Waals surface area (Å²) in [5, 5.41) is 7.19. The van der Waals surface area contributed by atoms with Crippen molar-refractivity contribution in [2.75, 3.05) is 5.32 Å². The number of anilines is 1. The largest absolute Gasteiger partial charge is 0.437 e. The van der Waals surface area contributed by atoms with E-state index in [9.17, 15) is 9.18 Å². The third-order valence-corrected chi connectivity index (χ3v) is 4.52. The number of ether oxygens (including phenoxy) is 1. The minimum atomic E-state index is -0.393. The monoisotopic (exact) mass is 381 g/mol. The first-order valence-electron chi connectivity index (χ1n) is 9.31. The Balaban J connectivity index is 1.68. The van der Waals surface area contributed by atoms with Gasteiger partial charge in [0.05, 0.1) is 5.69 Å². The van der Waals surface area contributed by atoms with E-state index in [1.165, 1.54) is 22.4 Å². The van der Waals surface area contributed by atoms with Crippen molar-refractivity contribution in [3.8, 4) is 11.6 Å². The Morgan fingerprint density at radius 2 is 1.89 bits per heavy atom. The second-order valence-corrected chi connectivity index (χ2v) is 6.67. The fourth-order valence-electron chi connectivity index (χ4n) is 2.94. The topological polar surface area (TPSA) is 56.2 Å². The standard InChI is InChI=1S/C22H24FN3O2/c1-4-16-8-10-17(11-9-16)12-13-20(27)24-21-15(2)25-26(3)22(21)28-19-7-5-6-18(23)14-19/h5-11,14H,4,12-13H2,1-3H3,(H,24,27). The summed E-state index contributed by atoms with van der Waals surface area (Å²) >= 11 is 0. The van der Waals surface area contributed by atoms with Gasteiger partial charge in [-0.05, 0) is 43.0 Å². The summed E-state index contributed by atoms with van der Waals surface area (Å²) < 4.78 is 20.7. The zero-order valence-corrected chi connectivity index (χ0v) is 16.3. The number of hydrogen-bond acceptors (Lipinski definition) is 3. The zero-order valence-electron chi connectivity index (χ0n) is 16.3. The van der Waals surface area contributed by atoms with E-state index in [0.29, 0.717) is 35.9 Å². The van der Waals surface area contributed by atoms with Gasteiger partial charge >= 0.3 is 0 Å². The van der Waals surface area contributed by atoms with Gasteiger partial charge in [0.2, 0.25) is 11.8 Å². The molecule has 1 N–H and O–H groups in total. The molecule has 0 atom stereocenters. The van der Waals surface area contributed by atoms with Gasteiger partial charge in [-0.2, -0.15) is 5.10 Å². The SMILES string of the molecule is CCc1ccc(CCC(=O)Nc2c(C)nn(C)c2Oc2cccc(F)c2)cc1. The first-order chi connectivity index (χ1) is 13.5. The Bertz CT molecular complexity index is 964. The minimum Gasteiger partial charge on any atom is -0.437 e. The van der Waals surface area contributed by atoms with Crippen molar-refractivity contribution in [1.29, 1.82) is 0 Å². The summed E-state index contributed by atoms with van der Waals surface area (Å²) in [5.41, 5.74) is 3.53. The van der Waals surface area contributed by atoms with Gasteiger partial charge in [0, 0.05) is 19.5 Å². The first kappa shape index (κ1) is 19.6. The minimum absolute atomic E-state index is 0.125. The lowest BCUT2D eigenvalue weighted by atomic mass is 10.1. The van der Waals surface area contributed by atoms with Crippen molar-refractivity contribution in [2.24, 2.45) is 7.05 Å². The number of rotatable bonds is 7. The lowest BCUT2D eigenvalue weighted by Crippen LogP contribution is -2.13. The Labute approximate surface area is 164 Å². The summed E-state index contributed by atoms with van der Waals surface area (Å²) in [6, 6.07) is 14.1. The molecule has 0 radical (unpaired) electrons. The number of halogens is 1. The van der Waals surface area contributed by atoms with Gasteiger partial charge < -0.3 is 10.1 Å². The molecule has 1 heterocycles. The number of carbonyl (C=O) groups excluding carboxylic acids is 1. The van der Waals surface area contributed by atoms with E-state index in [1.54, 1.807) is 26.1 Å². The number of aromatic nitrogens is 2. The van der Waals surface area contributed by atoms with E-state index in [4.69, 9.17) is 4.74 Å². The van der Waals surface area contributed by atoms with Crippen LogP contribution in [0.2, 0.25) is 0 Å². The summed E-state index contributed by atoms with van der Waals surface area (Å²) in [6.45, 7) is 3.90. The number of aryl methyl sites for hydroxylation is 4. The van der Waals surface area contributed by atoms with E-state index >= 15 is 0 Å².